The number of para-hydroxylation sites is 1. The van der Waals surface area contributed by atoms with E-state index in [0.29, 0.717) is 17.8 Å². The highest BCUT2D eigenvalue weighted by Crippen LogP contribution is 2.22. The van der Waals surface area contributed by atoms with E-state index in [1.165, 1.54) is 0 Å². The molecule has 2 amide bonds. The number of nitrogens with one attached hydrogen (secondary N) is 3. The van der Waals surface area contributed by atoms with Gasteiger partial charge in [0.15, 0.2) is 0 Å². The van der Waals surface area contributed by atoms with Crippen LogP contribution in [0.5, 0.6) is 0 Å². The van der Waals surface area contributed by atoms with Gasteiger partial charge < -0.3 is 20.7 Å². The summed E-state index contributed by atoms with van der Waals surface area (Å²) in [6, 6.07) is 26.7. The van der Waals surface area contributed by atoms with Crippen LogP contribution in [0.2, 0.25) is 0 Å². The average molecular weight is 444 g/mol. The minimum absolute atomic E-state index is 0.0478. The molecule has 1 heterocycles. The van der Waals surface area contributed by atoms with Crippen molar-refractivity contribution < 1.29 is 14.3 Å². The molecule has 1 atom stereocenters. The van der Waals surface area contributed by atoms with E-state index in [9.17, 15) is 9.59 Å². The van der Waals surface area contributed by atoms with E-state index in [-0.39, 0.29) is 30.5 Å². The molecule has 170 valence electrons. The Hall–Kier alpha value is -3.64. The lowest BCUT2D eigenvalue weighted by Gasteiger charge is -2.20. The molecule has 0 bridgehead atoms. The summed E-state index contributed by atoms with van der Waals surface area (Å²) in [6.07, 6.45) is 2.07. The minimum atomic E-state index is -0.258. The second-order valence-electron chi connectivity index (χ2n) is 8.07. The molecule has 6 nitrogen and oxygen atoms in total. The molecule has 0 unspecified atom stereocenters. The summed E-state index contributed by atoms with van der Waals surface area (Å²) in [5.74, 6) is -0.345. The molecule has 1 saturated heterocycles. The molecule has 0 aromatic heterocycles. The number of carbonyl (C=O) groups is 2. The Morgan fingerprint density at radius 1 is 0.879 bits per heavy atom. The maximum Gasteiger partial charge on any atom is 0.253 e. The van der Waals surface area contributed by atoms with Crippen LogP contribution >= 0.6 is 0 Å². The second-order valence-corrected chi connectivity index (χ2v) is 8.07. The average Bonchev–Trinajstić information content (AvgIpc) is 3.39. The van der Waals surface area contributed by atoms with E-state index < -0.39 is 0 Å². The molecule has 1 aliphatic heterocycles. The normalized spacial score (nSPS) is 15.2. The van der Waals surface area contributed by atoms with Gasteiger partial charge in [0, 0.05) is 18.8 Å². The molecule has 0 spiro atoms. The van der Waals surface area contributed by atoms with Crippen LogP contribution in [0.4, 0.5) is 5.69 Å². The molecular formula is C27H29N3O3. The van der Waals surface area contributed by atoms with Crippen molar-refractivity contribution in [2.24, 2.45) is 0 Å². The SMILES string of the molecule is O=C(CNc1ccccc1C(=O)NC[C@@H]1CCCO1)NC(c1ccccc1)c1ccccc1. The molecular weight excluding hydrogens is 414 g/mol. The number of hydrogen-bond donors (Lipinski definition) is 3. The van der Waals surface area contributed by atoms with Gasteiger partial charge in [0.05, 0.1) is 24.3 Å². The first kappa shape index (κ1) is 22.6. The van der Waals surface area contributed by atoms with Crippen molar-refractivity contribution in [3.63, 3.8) is 0 Å². The fraction of sp³-hybridized carbons (Fsp3) is 0.259. The molecule has 0 aliphatic carbocycles. The van der Waals surface area contributed by atoms with Crippen molar-refractivity contribution in [2.45, 2.75) is 25.0 Å². The van der Waals surface area contributed by atoms with Gasteiger partial charge in [-0.25, -0.2) is 0 Å². The van der Waals surface area contributed by atoms with Crippen molar-refractivity contribution in [1.82, 2.24) is 10.6 Å². The fourth-order valence-electron chi connectivity index (χ4n) is 3.98. The summed E-state index contributed by atoms with van der Waals surface area (Å²) >= 11 is 0. The number of amides is 2. The Morgan fingerprint density at radius 2 is 1.52 bits per heavy atom. The van der Waals surface area contributed by atoms with Gasteiger partial charge in [-0.05, 0) is 36.1 Å². The van der Waals surface area contributed by atoms with Crippen LogP contribution in [0.25, 0.3) is 0 Å². The zero-order chi connectivity index (χ0) is 22.9. The molecule has 4 rings (SSSR count). The Kier molecular flexibility index (Phi) is 7.72. The van der Waals surface area contributed by atoms with Crippen molar-refractivity contribution in [1.29, 1.82) is 0 Å². The van der Waals surface area contributed by atoms with Crippen molar-refractivity contribution in [2.75, 3.05) is 25.0 Å². The highest BCUT2D eigenvalue weighted by atomic mass is 16.5. The van der Waals surface area contributed by atoms with Gasteiger partial charge in [-0.2, -0.15) is 0 Å². The summed E-state index contributed by atoms with van der Waals surface area (Å²) < 4.78 is 5.58. The third-order valence-corrected chi connectivity index (χ3v) is 5.70. The van der Waals surface area contributed by atoms with E-state index >= 15 is 0 Å². The van der Waals surface area contributed by atoms with Crippen LogP contribution in [0.1, 0.15) is 40.4 Å². The minimum Gasteiger partial charge on any atom is -0.376 e. The van der Waals surface area contributed by atoms with Crippen LogP contribution < -0.4 is 16.0 Å². The van der Waals surface area contributed by atoms with Crippen LogP contribution in [-0.2, 0) is 9.53 Å². The van der Waals surface area contributed by atoms with Gasteiger partial charge >= 0.3 is 0 Å². The number of hydrogen-bond acceptors (Lipinski definition) is 4. The maximum atomic E-state index is 12.9. The Bertz CT molecular complexity index is 1010. The van der Waals surface area contributed by atoms with E-state index in [1.807, 2.05) is 72.8 Å². The zero-order valence-corrected chi connectivity index (χ0v) is 18.5. The van der Waals surface area contributed by atoms with Crippen molar-refractivity contribution >= 4 is 17.5 Å². The lowest BCUT2D eigenvalue weighted by atomic mass is 9.99. The fourth-order valence-corrected chi connectivity index (χ4v) is 3.98. The Balaban J connectivity index is 1.39. The lowest BCUT2D eigenvalue weighted by Crippen LogP contribution is -2.35. The van der Waals surface area contributed by atoms with Crippen molar-refractivity contribution in [3.8, 4) is 0 Å². The van der Waals surface area contributed by atoms with E-state index in [4.69, 9.17) is 4.74 Å². The van der Waals surface area contributed by atoms with Crippen LogP contribution in [0, 0.1) is 0 Å². The van der Waals surface area contributed by atoms with Crippen molar-refractivity contribution in [3.05, 3.63) is 102 Å². The number of benzene rings is 3. The smallest absolute Gasteiger partial charge is 0.253 e. The Labute approximate surface area is 194 Å². The van der Waals surface area contributed by atoms with E-state index in [1.54, 1.807) is 12.1 Å². The summed E-state index contributed by atoms with van der Waals surface area (Å²) in [7, 11) is 0. The number of anilines is 1. The number of carbonyl (C=O) groups excluding carboxylic acids is 2. The first-order valence-corrected chi connectivity index (χ1v) is 11.3. The lowest BCUT2D eigenvalue weighted by molar-refractivity contribution is -0.119. The Morgan fingerprint density at radius 3 is 2.15 bits per heavy atom. The summed E-state index contributed by atoms with van der Waals surface area (Å²) in [6.45, 7) is 1.29. The predicted octanol–water partition coefficient (Wildman–Crippen LogP) is 3.91. The number of ether oxygens (including phenoxy) is 1. The first-order valence-electron chi connectivity index (χ1n) is 11.3. The zero-order valence-electron chi connectivity index (χ0n) is 18.5. The molecule has 6 heteroatoms. The summed E-state index contributed by atoms with van der Waals surface area (Å²) in [5.41, 5.74) is 3.14. The monoisotopic (exact) mass is 443 g/mol. The highest BCUT2D eigenvalue weighted by Gasteiger charge is 2.19. The van der Waals surface area contributed by atoms with E-state index in [2.05, 4.69) is 16.0 Å². The molecule has 1 fully saturated rings. The molecule has 3 N–H and O–H groups in total. The van der Waals surface area contributed by atoms with Crippen LogP contribution in [-0.4, -0.2) is 37.6 Å². The topological polar surface area (TPSA) is 79.5 Å². The summed E-state index contributed by atoms with van der Waals surface area (Å²) in [4.78, 5) is 25.6. The molecule has 33 heavy (non-hydrogen) atoms. The molecule has 0 saturated carbocycles. The molecule has 0 radical (unpaired) electrons. The predicted molar refractivity (Wildman–Crippen MR) is 129 cm³/mol. The van der Waals surface area contributed by atoms with Gasteiger partial charge in [-0.1, -0.05) is 72.8 Å². The first-order chi connectivity index (χ1) is 16.2. The largest absolute Gasteiger partial charge is 0.376 e. The number of rotatable bonds is 9. The molecule has 3 aromatic rings. The van der Waals surface area contributed by atoms with Gasteiger partial charge in [-0.15, -0.1) is 0 Å². The van der Waals surface area contributed by atoms with Gasteiger partial charge in [0.1, 0.15) is 0 Å². The van der Waals surface area contributed by atoms with E-state index in [0.717, 1.165) is 30.6 Å². The third kappa shape index (κ3) is 6.20. The maximum absolute atomic E-state index is 12.9. The van der Waals surface area contributed by atoms with Crippen LogP contribution in [0.3, 0.4) is 0 Å². The van der Waals surface area contributed by atoms with Gasteiger partial charge in [-0.3, -0.25) is 9.59 Å². The van der Waals surface area contributed by atoms with Gasteiger partial charge in [0.25, 0.3) is 5.91 Å². The molecule has 3 aromatic carbocycles. The molecule has 1 aliphatic rings. The third-order valence-electron chi connectivity index (χ3n) is 5.70. The quantitative estimate of drug-likeness (QED) is 0.468. The van der Waals surface area contributed by atoms with Gasteiger partial charge in [0.2, 0.25) is 5.91 Å². The second kappa shape index (κ2) is 11.3. The van der Waals surface area contributed by atoms with Crippen LogP contribution in [0.15, 0.2) is 84.9 Å². The summed E-state index contributed by atoms with van der Waals surface area (Å²) in [5, 5.41) is 9.18. The highest BCUT2D eigenvalue weighted by molar-refractivity contribution is 6.00. The standard InChI is InChI=1S/C27H29N3O3/c31-25(30-26(20-10-3-1-4-11-20)21-12-5-2-6-13-21)19-28-24-16-8-7-15-23(24)27(32)29-18-22-14-9-17-33-22/h1-8,10-13,15-16,22,26,28H,9,14,17-19H2,(H,29,32)(H,30,31)/t22-/m0/s1.